The van der Waals surface area contributed by atoms with E-state index in [0.29, 0.717) is 0 Å². The number of aliphatic hydroxyl groups is 2. The maximum atomic E-state index is 9.74. The largest absolute Gasteiger partial charge is 0.390 e. The highest BCUT2D eigenvalue weighted by Crippen LogP contribution is 2.21. The molecule has 1 heterocycles. The maximum absolute atomic E-state index is 9.74. The lowest BCUT2D eigenvalue weighted by Crippen LogP contribution is -2.32. The van der Waals surface area contributed by atoms with Gasteiger partial charge in [0.15, 0.2) is 0 Å². The summed E-state index contributed by atoms with van der Waals surface area (Å²) in [4.78, 5) is 0. The molecular formula is C9H16N2O2. The molecule has 2 N–H and O–H groups in total. The minimum Gasteiger partial charge on any atom is -0.390 e. The van der Waals surface area contributed by atoms with Crippen molar-refractivity contribution in [2.24, 2.45) is 0 Å². The zero-order valence-electron chi connectivity index (χ0n) is 8.23. The summed E-state index contributed by atoms with van der Waals surface area (Å²) < 4.78 is 1.64. The summed E-state index contributed by atoms with van der Waals surface area (Å²) >= 11 is 0. The minimum atomic E-state index is -0.837. The van der Waals surface area contributed by atoms with Crippen molar-refractivity contribution in [2.45, 2.75) is 39.0 Å². The summed E-state index contributed by atoms with van der Waals surface area (Å²) in [5.74, 6) is 0. The first-order valence-corrected chi connectivity index (χ1v) is 4.32. The van der Waals surface area contributed by atoms with Crippen molar-refractivity contribution in [2.75, 3.05) is 0 Å². The van der Waals surface area contributed by atoms with Gasteiger partial charge in [0, 0.05) is 6.20 Å². The molecule has 13 heavy (non-hydrogen) atoms. The zero-order valence-corrected chi connectivity index (χ0v) is 8.23. The SMILES string of the molecule is CC(n1nccc1CO)C(C)(C)O. The first kappa shape index (κ1) is 10.2. The Morgan fingerprint density at radius 1 is 1.62 bits per heavy atom. The Balaban J connectivity index is 2.94. The topological polar surface area (TPSA) is 58.3 Å². The molecule has 0 saturated heterocycles. The summed E-state index contributed by atoms with van der Waals surface area (Å²) in [6, 6.07) is 1.59. The predicted molar refractivity (Wildman–Crippen MR) is 49.2 cm³/mol. The molecule has 4 heteroatoms. The number of nitrogens with zero attached hydrogens (tertiary/aromatic N) is 2. The average molecular weight is 184 g/mol. The Labute approximate surface area is 77.8 Å². The Morgan fingerprint density at radius 2 is 2.23 bits per heavy atom. The number of rotatable bonds is 3. The summed E-state index contributed by atoms with van der Waals surface area (Å²) in [7, 11) is 0. The van der Waals surface area contributed by atoms with Crippen molar-refractivity contribution >= 4 is 0 Å². The fraction of sp³-hybridized carbons (Fsp3) is 0.667. The molecular weight excluding hydrogens is 168 g/mol. The van der Waals surface area contributed by atoms with Crippen LogP contribution in [0.4, 0.5) is 0 Å². The number of aliphatic hydroxyl groups excluding tert-OH is 1. The molecule has 1 unspecified atom stereocenters. The van der Waals surface area contributed by atoms with E-state index in [1.54, 1.807) is 30.8 Å². The standard InChI is InChI=1S/C9H16N2O2/c1-7(9(2,3)13)11-8(6-12)4-5-10-11/h4-5,7,12-13H,6H2,1-3H3. The number of hydrogen-bond acceptors (Lipinski definition) is 3. The highest BCUT2D eigenvalue weighted by molar-refractivity contribution is 5.01. The van der Waals surface area contributed by atoms with Crippen LogP contribution in [0.2, 0.25) is 0 Å². The monoisotopic (exact) mass is 184 g/mol. The quantitative estimate of drug-likeness (QED) is 0.727. The third kappa shape index (κ3) is 2.08. The summed E-state index contributed by atoms with van der Waals surface area (Å²) in [6.45, 7) is 5.26. The highest BCUT2D eigenvalue weighted by atomic mass is 16.3. The van der Waals surface area contributed by atoms with Crippen LogP contribution in [0.3, 0.4) is 0 Å². The molecule has 1 rings (SSSR count). The zero-order chi connectivity index (χ0) is 10.1. The Bertz CT molecular complexity index is 275. The Hall–Kier alpha value is -0.870. The molecule has 1 aromatic rings. The van der Waals surface area contributed by atoms with E-state index in [4.69, 9.17) is 5.11 Å². The fourth-order valence-electron chi connectivity index (χ4n) is 1.11. The first-order chi connectivity index (χ1) is 5.96. The third-order valence-corrected chi connectivity index (χ3v) is 2.30. The van der Waals surface area contributed by atoms with Gasteiger partial charge in [-0.25, -0.2) is 0 Å². The van der Waals surface area contributed by atoms with E-state index >= 15 is 0 Å². The van der Waals surface area contributed by atoms with Gasteiger partial charge in [0.05, 0.1) is 23.9 Å². The minimum absolute atomic E-state index is 0.0551. The van der Waals surface area contributed by atoms with E-state index < -0.39 is 5.60 Å². The van der Waals surface area contributed by atoms with Crippen molar-refractivity contribution < 1.29 is 10.2 Å². The van der Waals surface area contributed by atoms with Gasteiger partial charge in [-0.1, -0.05) is 0 Å². The molecule has 0 aliphatic carbocycles. The van der Waals surface area contributed by atoms with Crippen LogP contribution in [0.15, 0.2) is 12.3 Å². The number of aromatic nitrogens is 2. The van der Waals surface area contributed by atoms with E-state index in [2.05, 4.69) is 5.10 Å². The van der Waals surface area contributed by atoms with Gasteiger partial charge in [0.25, 0.3) is 0 Å². The first-order valence-electron chi connectivity index (χ1n) is 4.32. The van der Waals surface area contributed by atoms with Crippen LogP contribution >= 0.6 is 0 Å². The smallest absolute Gasteiger partial charge is 0.0850 e. The van der Waals surface area contributed by atoms with Gasteiger partial charge in [0.1, 0.15) is 0 Å². The molecule has 0 saturated carbocycles. The van der Waals surface area contributed by atoms with Gasteiger partial charge < -0.3 is 10.2 Å². The second-order valence-corrected chi connectivity index (χ2v) is 3.75. The molecule has 74 valence electrons. The molecule has 0 aliphatic heterocycles. The number of hydrogen-bond donors (Lipinski definition) is 2. The molecule has 1 atom stereocenters. The Morgan fingerprint density at radius 3 is 2.69 bits per heavy atom. The van der Waals surface area contributed by atoms with Crippen LogP contribution in [0.25, 0.3) is 0 Å². The van der Waals surface area contributed by atoms with E-state index in [1.165, 1.54) is 0 Å². The van der Waals surface area contributed by atoms with E-state index in [1.807, 2.05) is 6.92 Å². The molecule has 0 bridgehead atoms. The van der Waals surface area contributed by atoms with Crippen LogP contribution < -0.4 is 0 Å². The molecule has 4 nitrogen and oxygen atoms in total. The van der Waals surface area contributed by atoms with Gasteiger partial charge in [0.2, 0.25) is 0 Å². The average Bonchev–Trinajstić information content (AvgIpc) is 2.48. The van der Waals surface area contributed by atoms with Crippen molar-refractivity contribution in [1.29, 1.82) is 0 Å². The van der Waals surface area contributed by atoms with Crippen LogP contribution in [0.1, 0.15) is 32.5 Å². The van der Waals surface area contributed by atoms with Gasteiger partial charge in [-0.2, -0.15) is 5.10 Å². The van der Waals surface area contributed by atoms with Crippen LogP contribution in [-0.4, -0.2) is 25.6 Å². The van der Waals surface area contributed by atoms with Gasteiger partial charge in [-0.3, -0.25) is 4.68 Å². The third-order valence-electron chi connectivity index (χ3n) is 2.30. The second kappa shape index (κ2) is 3.47. The van der Waals surface area contributed by atoms with Crippen molar-refractivity contribution in [3.63, 3.8) is 0 Å². The summed E-state index contributed by atoms with van der Waals surface area (Å²) in [6.07, 6.45) is 1.62. The van der Waals surface area contributed by atoms with E-state index in [9.17, 15) is 5.11 Å². The predicted octanol–water partition coefficient (Wildman–Crippen LogP) is 0.707. The van der Waals surface area contributed by atoms with E-state index in [0.717, 1.165) is 5.69 Å². The normalized spacial score (nSPS) is 14.5. The van der Waals surface area contributed by atoms with Gasteiger partial charge in [-0.05, 0) is 26.8 Å². The van der Waals surface area contributed by atoms with E-state index in [-0.39, 0.29) is 12.6 Å². The lowest BCUT2D eigenvalue weighted by Gasteiger charge is -2.27. The van der Waals surface area contributed by atoms with Crippen LogP contribution in [0.5, 0.6) is 0 Å². The molecule has 0 aromatic carbocycles. The maximum Gasteiger partial charge on any atom is 0.0850 e. The lowest BCUT2D eigenvalue weighted by atomic mass is 10.0. The Kier molecular flexibility index (Phi) is 2.73. The molecule has 0 fully saturated rings. The van der Waals surface area contributed by atoms with Crippen LogP contribution in [0, 0.1) is 0 Å². The fourth-order valence-corrected chi connectivity index (χ4v) is 1.11. The molecule has 0 aliphatic rings. The van der Waals surface area contributed by atoms with Crippen molar-refractivity contribution in [3.8, 4) is 0 Å². The second-order valence-electron chi connectivity index (χ2n) is 3.75. The molecule has 0 amide bonds. The molecule has 1 aromatic heterocycles. The van der Waals surface area contributed by atoms with Gasteiger partial charge in [-0.15, -0.1) is 0 Å². The highest BCUT2D eigenvalue weighted by Gasteiger charge is 2.25. The van der Waals surface area contributed by atoms with Crippen molar-refractivity contribution in [3.05, 3.63) is 18.0 Å². The summed E-state index contributed by atoms with van der Waals surface area (Å²) in [5.41, 5.74) is -0.120. The van der Waals surface area contributed by atoms with Crippen LogP contribution in [-0.2, 0) is 6.61 Å². The lowest BCUT2D eigenvalue weighted by molar-refractivity contribution is 0.0233. The van der Waals surface area contributed by atoms with Crippen molar-refractivity contribution in [1.82, 2.24) is 9.78 Å². The molecule has 0 radical (unpaired) electrons. The van der Waals surface area contributed by atoms with Gasteiger partial charge >= 0.3 is 0 Å². The summed E-state index contributed by atoms with van der Waals surface area (Å²) in [5, 5.41) is 22.8. The molecule has 0 spiro atoms.